The number of para-hydroxylation sites is 1. The van der Waals surface area contributed by atoms with E-state index < -0.39 is 5.97 Å². The average molecular weight is 303 g/mol. The van der Waals surface area contributed by atoms with Crippen LogP contribution in [0.15, 0.2) is 60.7 Å². The zero-order valence-corrected chi connectivity index (χ0v) is 14.2. The van der Waals surface area contributed by atoms with Crippen LogP contribution in [-0.2, 0) is 6.61 Å². The van der Waals surface area contributed by atoms with E-state index in [0.717, 1.165) is 16.6 Å². The molecule has 0 unspecified atom stereocenters. The first kappa shape index (κ1) is 16.5. The Kier molecular flexibility index (Phi) is 5.55. The number of rotatable bonds is 4. The normalized spacial score (nSPS) is 10.0. The van der Waals surface area contributed by atoms with Gasteiger partial charge in [0.05, 0.1) is 16.8 Å². The van der Waals surface area contributed by atoms with Gasteiger partial charge in [-0.1, -0.05) is 24.3 Å². The van der Waals surface area contributed by atoms with Crippen molar-refractivity contribution in [1.82, 2.24) is 4.98 Å². The Morgan fingerprint density at radius 1 is 1.05 bits per heavy atom. The first-order valence-electron chi connectivity index (χ1n) is 6.53. The summed E-state index contributed by atoms with van der Waals surface area (Å²) in [7, 11) is 0. The van der Waals surface area contributed by atoms with Crippen LogP contribution in [0.25, 0.3) is 10.9 Å². The maximum Gasteiger partial charge on any atom is 1.00 e. The van der Waals surface area contributed by atoms with Gasteiger partial charge >= 0.3 is 35.5 Å². The number of hydrogen-bond acceptors (Lipinski definition) is 3. The first-order chi connectivity index (χ1) is 10.2. The molecule has 0 aliphatic heterocycles. The molecule has 0 aliphatic rings. The molecule has 0 bridgehead atoms. The van der Waals surface area contributed by atoms with Crippen molar-refractivity contribution in [2.24, 2.45) is 0 Å². The number of pyridine rings is 1. The third-order valence-corrected chi connectivity index (χ3v) is 3.14. The number of aromatic carboxylic acids is 1. The number of nitrogens with zero attached hydrogens (tertiary/aromatic N) is 1. The standard InChI is InChI=1S/C17H13NO3.Na.H/c19-17(20)13-6-9-15(10-7-13)21-11-14-8-5-12-3-1-2-4-16(12)18-14;;/h1-10H,11H2,(H,19,20);;/q;+1;-1. The fraction of sp³-hybridized carbons (Fsp3) is 0.0588. The van der Waals surface area contributed by atoms with Gasteiger partial charge in [0.2, 0.25) is 0 Å². The molecule has 2 aromatic carbocycles. The van der Waals surface area contributed by atoms with E-state index in [-0.39, 0.29) is 36.5 Å². The van der Waals surface area contributed by atoms with Gasteiger partial charge in [0.15, 0.2) is 0 Å². The Bertz CT molecular complexity index is 793. The van der Waals surface area contributed by atoms with Crippen LogP contribution < -0.4 is 34.3 Å². The van der Waals surface area contributed by atoms with Crippen molar-refractivity contribution >= 4 is 16.9 Å². The SMILES string of the molecule is O=C(O)c1ccc(OCc2ccc3ccccc3n2)cc1.[H-].[Na+]. The molecule has 3 rings (SSSR count). The van der Waals surface area contributed by atoms with Crippen LogP contribution in [0.5, 0.6) is 5.75 Å². The smallest absolute Gasteiger partial charge is 1.00 e. The molecule has 0 saturated carbocycles. The third-order valence-electron chi connectivity index (χ3n) is 3.14. The van der Waals surface area contributed by atoms with E-state index in [1.807, 2.05) is 36.4 Å². The maximum atomic E-state index is 10.8. The van der Waals surface area contributed by atoms with Crippen LogP contribution in [0.4, 0.5) is 0 Å². The van der Waals surface area contributed by atoms with Gasteiger partial charge in [-0.05, 0) is 36.4 Å². The fourth-order valence-corrected chi connectivity index (χ4v) is 2.04. The Labute approximate surface area is 151 Å². The number of carboxylic acid groups (broad SMARTS) is 1. The number of carbonyl (C=O) groups is 1. The molecule has 1 aromatic heterocycles. The predicted molar refractivity (Wildman–Crippen MR) is 80.6 cm³/mol. The summed E-state index contributed by atoms with van der Waals surface area (Å²) in [6.07, 6.45) is 0. The summed E-state index contributed by atoms with van der Waals surface area (Å²) in [5.41, 5.74) is 2.00. The predicted octanol–water partition coefficient (Wildman–Crippen LogP) is 0.628. The first-order valence-corrected chi connectivity index (χ1v) is 6.53. The molecule has 4 nitrogen and oxygen atoms in total. The van der Waals surface area contributed by atoms with Gasteiger partial charge in [-0.15, -0.1) is 0 Å². The number of aromatic nitrogens is 1. The van der Waals surface area contributed by atoms with Gasteiger partial charge in [-0.3, -0.25) is 0 Å². The van der Waals surface area contributed by atoms with E-state index in [1.54, 1.807) is 12.1 Å². The topological polar surface area (TPSA) is 59.4 Å². The van der Waals surface area contributed by atoms with Crippen LogP contribution in [0, 0.1) is 0 Å². The zero-order valence-electron chi connectivity index (χ0n) is 13.2. The van der Waals surface area contributed by atoms with Crippen LogP contribution in [-0.4, -0.2) is 16.1 Å². The zero-order chi connectivity index (χ0) is 14.7. The molecular formula is C17H14NNaO3. The molecule has 0 radical (unpaired) electrons. The van der Waals surface area contributed by atoms with Crippen LogP contribution in [0.2, 0.25) is 0 Å². The molecule has 106 valence electrons. The van der Waals surface area contributed by atoms with Crippen LogP contribution in [0.3, 0.4) is 0 Å². The minimum Gasteiger partial charge on any atom is -1.00 e. The summed E-state index contributed by atoms with van der Waals surface area (Å²) in [5.74, 6) is -0.326. The molecule has 0 amide bonds. The molecular weight excluding hydrogens is 289 g/mol. The number of fused-ring (bicyclic) bond motifs is 1. The molecule has 1 N–H and O–H groups in total. The second-order valence-electron chi connectivity index (χ2n) is 4.61. The molecule has 0 fully saturated rings. The average Bonchev–Trinajstić information content (AvgIpc) is 2.53. The third kappa shape index (κ3) is 3.85. The van der Waals surface area contributed by atoms with E-state index in [1.165, 1.54) is 12.1 Å². The minimum absolute atomic E-state index is 0. The Morgan fingerprint density at radius 2 is 1.77 bits per heavy atom. The number of carboxylic acids is 1. The number of ether oxygens (including phenoxy) is 1. The monoisotopic (exact) mass is 303 g/mol. The van der Waals surface area contributed by atoms with Crippen molar-refractivity contribution in [3.05, 3.63) is 71.9 Å². The summed E-state index contributed by atoms with van der Waals surface area (Å²) in [4.78, 5) is 15.3. The molecule has 3 aromatic rings. The summed E-state index contributed by atoms with van der Waals surface area (Å²) >= 11 is 0. The Hall–Kier alpha value is -1.88. The van der Waals surface area contributed by atoms with Gasteiger partial charge in [0, 0.05) is 5.39 Å². The van der Waals surface area contributed by atoms with Gasteiger partial charge in [-0.25, -0.2) is 9.78 Å². The second kappa shape index (κ2) is 7.40. The number of hydrogen-bond donors (Lipinski definition) is 1. The van der Waals surface area contributed by atoms with Crippen LogP contribution in [0.1, 0.15) is 17.5 Å². The quantitative estimate of drug-likeness (QED) is 0.718. The largest absolute Gasteiger partial charge is 1.00 e. The summed E-state index contributed by atoms with van der Waals surface area (Å²) < 4.78 is 5.62. The molecule has 5 heteroatoms. The Morgan fingerprint density at radius 3 is 2.50 bits per heavy atom. The van der Waals surface area contributed by atoms with E-state index in [2.05, 4.69) is 4.98 Å². The van der Waals surface area contributed by atoms with Gasteiger partial charge in [0.1, 0.15) is 12.4 Å². The van der Waals surface area contributed by atoms with Gasteiger partial charge in [-0.2, -0.15) is 0 Å². The molecule has 0 atom stereocenters. The Balaban J connectivity index is 0.00000132. The van der Waals surface area contributed by atoms with Crippen LogP contribution >= 0.6 is 0 Å². The van der Waals surface area contributed by atoms with E-state index >= 15 is 0 Å². The van der Waals surface area contributed by atoms with Gasteiger partial charge < -0.3 is 11.3 Å². The van der Waals surface area contributed by atoms with Gasteiger partial charge in [0.25, 0.3) is 0 Å². The van der Waals surface area contributed by atoms with E-state index in [9.17, 15) is 4.79 Å². The summed E-state index contributed by atoms with van der Waals surface area (Å²) in [6.45, 7) is 0.344. The van der Waals surface area contributed by atoms with Crippen molar-refractivity contribution < 1.29 is 45.6 Å². The van der Waals surface area contributed by atoms with E-state index in [0.29, 0.717) is 12.4 Å². The molecule has 0 saturated heterocycles. The second-order valence-corrected chi connectivity index (χ2v) is 4.61. The van der Waals surface area contributed by atoms with Crippen molar-refractivity contribution in [3.8, 4) is 5.75 Å². The van der Waals surface area contributed by atoms with E-state index in [4.69, 9.17) is 9.84 Å². The van der Waals surface area contributed by atoms with Crippen molar-refractivity contribution in [2.45, 2.75) is 6.61 Å². The minimum atomic E-state index is -0.947. The summed E-state index contributed by atoms with van der Waals surface area (Å²) in [6, 6.07) is 18.2. The molecule has 22 heavy (non-hydrogen) atoms. The summed E-state index contributed by atoms with van der Waals surface area (Å²) in [5, 5.41) is 9.92. The van der Waals surface area contributed by atoms with Crippen molar-refractivity contribution in [2.75, 3.05) is 0 Å². The molecule has 0 aliphatic carbocycles. The molecule has 0 spiro atoms. The van der Waals surface area contributed by atoms with Crippen molar-refractivity contribution in [3.63, 3.8) is 0 Å². The fourth-order valence-electron chi connectivity index (χ4n) is 2.04. The molecule has 1 heterocycles. The number of benzene rings is 2. The maximum absolute atomic E-state index is 10.8. The van der Waals surface area contributed by atoms with Crippen molar-refractivity contribution in [1.29, 1.82) is 0 Å².